The first-order valence-electron chi connectivity index (χ1n) is 7.05. The Labute approximate surface area is 129 Å². The maximum absolute atomic E-state index is 5.49. The monoisotopic (exact) mass is 342 g/mol. The quantitative estimate of drug-likeness (QED) is 0.805. The van der Waals surface area contributed by atoms with Crippen molar-refractivity contribution in [1.29, 1.82) is 0 Å². The molecule has 1 aliphatic heterocycles. The van der Waals surface area contributed by atoms with Crippen LogP contribution in [0.5, 0.6) is 0 Å². The molecule has 1 saturated heterocycles. The number of halogens is 1. The zero-order valence-electron chi connectivity index (χ0n) is 12.2. The van der Waals surface area contributed by atoms with Crippen LogP contribution in [0.15, 0.2) is 22.7 Å². The van der Waals surface area contributed by atoms with Crippen LogP contribution in [0.1, 0.15) is 12.5 Å². The van der Waals surface area contributed by atoms with Gasteiger partial charge in [0.1, 0.15) is 0 Å². The maximum atomic E-state index is 5.49. The summed E-state index contributed by atoms with van der Waals surface area (Å²) in [4.78, 5) is 2.40. The van der Waals surface area contributed by atoms with E-state index in [0.717, 1.165) is 43.9 Å². The van der Waals surface area contributed by atoms with Gasteiger partial charge in [0.2, 0.25) is 0 Å². The van der Waals surface area contributed by atoms with E-state index in [4.69, 9.17) is 9.47 Å². The lowest BCUT2D eigenvalue weighted by molar-refractivity contribution is 0.0989. The Morgan fingerprint density at radius 2 is 2.35 bits per heavy atom. The van der Waals surface area contributed by atoms with Gasteiger partial charge in [-0.2, -0.15) is 0 Å². The number of hydrogen-bond donors (Lipinski definition) is 1. The van der Waals surface area contributed by atoms with Crippen molar-refractivity contribution < 1.29 is 9.47 Å². The Morgan fingerprint density at radius 1 is 1.50 bits per heavy atom. The van der Waals surface area contributed by atoms with Gasteiger partial charge < -0.3 is 19.7 Å². The smallest absolute Gasteiger partial charge is 0.0668 e. The number of benzene rings is 1. The maximum Gasteiger partial charge on any atom is 0.0668 e. The van der Waals surface area contributed by atoms with Crippen molar-refractivity contribution in [2.24, 2.45) is 0 Å². The number of hydrogen-bond acceptors (Lipinski definition) is 4. The van der Waals surface area contributed by atoms with Crippen molar-refractivity contribution in [3.8, 4) is 0 Å². The molecule has 1 unspecified atom stereocenters. The number of morpholine rings is 1. The summed E-state index contributed by atoms with van der Waals surface area (Å²) in [5.41, 5.74) is 2.53. The molecule has 20 heavy (non-hydrogen) atoms. The van der Waals surface area contributed by atoms with E-state index >= 15 is 0 Å². The Balaban J connectivity index is 1.97. The lowest BCUT2D eigenvalue weighted by Crippen LogP contribution is -2.43. The fraction of sp³-hybridized carbons (Fsp3) is 0.600. The summed E-state index contributed by atoms with van der Waals surface area (Å²) in [6.45, 7) is 7.22. The molecule has 0 aliphatic carbocycles. The van der Waals surface area contributed by atoms with E-state index in [1.807, 2.05) is 0 Å². The van der Waals surface area contributed by atoms with Gasteiger partial charge >= 0.3 is 0 Å². The largest absolute Gasteiger partial charge is 0.383 e. The van der Waals surface area contributed by atoms with Crippen LogP contribution >= 0.6 is 15.9 Å². The molecule has 112 valence electrons. The molecule has 0 radical (unpaired) electrons. The van der Waals surface area contributed by atoms with Crippen molar-refractivity contribution in [2.75, 3.05) is 44.9 Å². The molecule has 0 saturated carbocycles. The second-order valence-corrected chi connectivity index (χ2v) is 5.92. The van der Waals surface area contributed by atoms with E-state index in [9.17, 15) is 0 Å². The second-order valence-electron chi connectivity index (χ2n) is 5.06. The van der Waals surface area contributed by atoms with Crippen LogP contribution in [-0.2, 0) is 16.0 Å². The number of nitrogens with zero attached hydrogens (tertiary/aromatic N) is 1. The minimum Gasteiger partial charge on any atom is -0.383 e. The van der Waals surface area contributed by atoms with Crippen LogP contribution in [0, 0.1) is 0 Å². The summed E-state index contributed by atoms with van der Waals surface area (Å²) in [5.74, 6) is 0. The summed E-state index contributed by atoms with van der Waals surface area (Å²) in [7, 11) is 1.72. The van der Waals surface area contributed by atoms with Crippen LogP contribution in [0.25, 0.3) is 0 Å². The van der Waals surface area contributed by atoms with Crippen molar-refractivity contribution >= 4 is 21.6 Å². The van der Waals surface area contributed by atoms with Crippen LogP contribution in [0.2, 0.25) is 0 Å². The van der Waals surface area contributed by atoms with Gasteiger partial charge in [0.15, 0.2) is 0 Å². The SMILES string of the molecule is COCCNCc1ccc(N2CCOCC2C)cc1Br. The highest BCUT2D eigenvalue weighted by Crippen LogP contribution is 2.26. The van der Waals surface area contributed by atoms with Crippen molar-refractivity contribution in [2.45, 2.75) is 19.5 Å². The van der Waals surface area contributed by atoms with Crippen LogP contribution in [0.3, 0.4) is 0 Å². The van der Waals surface area contributed by atoms with Crippen molar-refractivity contribution in [3.63, 3.8) is 0 Å². The number of ether oxygens (including phenoxy) is 2. The lowest BCUT2D eigenvalue weighted by Gasteiger charge is -2.35. The van der Waals surface area contributed by atoms with E-state index in [-0.39, 0.29) is 0 Å². The van der Waals surface area contributed by atoms with Gasteiger partial charge in [-0.1, -0.05) is 22.0 Å². The first-order chi connectivity index (χ1) is 9.72. The lowest BCUT2D eigenvalue weighted by atomic mass is 10.1. The molecule has 0 spiro atoms. The average Bonchev–Trinajstić information content (AvgIpc) is 2.45. The molecule has 1 aliphatic rings. The van der Waals surface area contributed by atoms with Crippen LogP contribution in [0.4, 0.5) is 5.69 Å². The van der Waals surface area contributed by atoms with Gasteiger partial charge in [-0.3, -0.25) is 0 Å². The fourth-order valence-electron chi connectivity index (χ4n) is 2.37. The highest BCUT2D eigenvalue weighted by molar-refractivity contribution is 9.10. The zero-order chi connectivity index (χ0) is 14.4. The third-order valence-electron chi connectivity index (χ3n) is 3.53. The molecule has 5 heteroatoms. The molecule has 1 fully saturated rings. The normalized spacial score (nSPS) is 19.4. The van der Waals surface area contributed by atoms with Crippen molar-refractivity contribution in [3.05, 3.63) is 28.2 Å². The molecule has 2 rings (SSSR count). The molecular formula is C15H23BrN2O2. The molecule has 0 bridgehead atoms. The molecule has 1 heterocycles. The van der Waals surface area contributed by atoms with Crippen molar-refractivity contribution in [1.82, 2.24) is 5.32 Å². The molecule has 4 nitrogen and oxygen atoms in total. The first-order valence-corrected chi connectivity index (χ1v) is 7.84. The predicted molar refractivity (Wildman–Crippen MR) is 85.4 cm³/mol. The first kappa shape index (κ1) is 15.8. The van der Waals surface area contributed by atoms with E-state index in [0.29, 0.717) is 6.04 Å². The molecule has 1 aromatic rings. The summed E-state index contributed by atoms with van der Waals surface area (Å²) in [5, 5.41) is 3.36. The Hall–Kier alpha value is -0.620. The Morgan fingerprint density at radius 3 is 3.05 bits per heavy atom. The number of nitrogens with one attached hydrogen (secondary N) is 1. The molecule has 0 aromatic heterocycles. The molecule has 1 atom stereocenters. The average molecular weight is 343 g/mol. The van der Waals surface area contributed by atoms with Gasteiger partial charge in [-0.25, -0.2) is 0 Å². The minimum atomic E-state index is 0.432. The minimum absolute atomic E-state index is 0.432. The summed E-state index contributed by atoms with van der Waals surface area (Å²) >= 11 is 3.67. The fourth-order valence-corrected chi connectivity index (χ4v) is 2.87. The molecular weight excluding hydrogens is 320 g/mol. The topological polar surface area (TPSA) is 33.7 Å². The Bertz CT molecular complexity index is 428. The number of methoxy groups -OCH3 is 1. The molecule has 0 amide bonds. The summed E-state index contributed by atoms with van der Waals surface area (Å²) in [6, 6.07) is 7.01. The standard InChI is InChI=1S/C15H23BrN2O2/c1-12-11-20-8-6-18(12)14-4-3-13(15(16)9-14)10-17-5-7-19-2/h3-4,9,12,17H,5-8,10-11H2,1-2H3. The number of rotatable bonds is 6. The van der Waals surface area contributed by atoms with Gasteiger partial charge in [0.05, 0.1) is 19.8 Å². The molecule has 1 aromatic carbocycles. The predicted octanol–water partition coefficient (Wildman–Crippen LogP) is 2.41. The van der Waals surface area contributed by atoms with E-state index in [1.165, 1.54) is 11.3 Å². The van der Waals surface area contributed by atoms with Gasteiger partial charge in [0.25, 0.3) is 0 Å². The third-order valence-corrected chi connectivity index (χ3v) is 4.27. The van der Waals surface area contributed by atoms with Gasteiger partial charge in [-0.05, 0) is 24.6 Å². The van der Waals surface area contributed by atoms with E-state index in [2.05, 4.69) is 51.3 Å². The molecule has 1 N–H and O–H groups in total. The summed E-state index contributed by atoms with van der Waals surface area (Å²) < 4.78 is 11.7. The third kappa shape index (κ3) is 4.19. The second kappa shape index (κ2) is 7.98. The Kier molecular flexibility index (Phi) is 6.29. The summed E-state index contributed by atoms with van der Waals surface area (Å²) in [6.07, 6.45) is 0. The van der Waals surface area contributed by atoms with Gasteiger partial charge in [0, 0.05) is 42.9 Å². The van der Waals surface area contributed by atoms with E-state index < -0.39 is 0 Å². The number of anilines is 1. The van der Waals surface area contributed by atoms with E-state index in [1.54, 1.807) is 7.11 Å². The van der Waals surface area contributed by atoms with Crippen LogP contribution in [-0.4, -0.2) is 46.1 Å². The van der Waals surface area contributed by atoms with Gasteiger partial charge in [-0.15, -0.1) is 0 Å². The zero-order valence-corrected chi connectivity index (χ0v) is 13.8. The highest BCUT2D eigenvalue weighted by atomic mass is 79.9. The van der Waals surface area contributed by atoms with Crippen LogP contribution < -0.4 is 10.2 Å². The highest BCUT2D eigenvalue weighted by Gasteiger charge is 2.19.